The smallest absolute Gasteiger partial charge is 0.255 e. The average Bonchev–Trinajstić information content (AvgIpc) is 3.33. The Kier molecular flexibility index (Phi) is 6.07. The number of primary sulfonamides is 1. The van der Waals surface area contributed by atoms with Crippen molar-refractivity contribution in [3.63, 3.8) is 0 Å². The van der Waals surface area contributed by atoms with Crippen molar-refractivity contribution in [2.75, 3.05) is 26.7 Å². The van der Waals surface area contributed by atoms with Gasteiger partial charge in [-0.15, -0.1) is 0 Å². The van der Waals surface area contributed by atoms with Crippen molar-refractivity contribution < 1.29 is 22.4 Å². The number of nitrogens with two attached hydrogens (primary N) is 1. The van der Waals surface area contributed by atoms with E-state index >= 15 is 0 Å². The number of carbonyl (C=O) groups is 1. The van der Waals surface area contributed by atoms with Gasteiger partial charge in [-0.1, -0.05) is 0 Å². The van der Waals surface area contributed by atoms with Crippen molar-refractivity contribution in [1.29, 1.82) is 0 Å². The minimum absolute atomic E-state index is 0.0902. The SMILES string of the molecule is COc1ccc(S(N)(=O)=O)cc1C(=O)NCC(c1ccc(C)o1)N1CCCC1. The summed E-state index contributed by atoms with van der Waals surface area (Å²) < 4.78 is 34.2. The molecule has 2 heterocycles. The third-order valence-corrected chi connectivity index (χ3v) is 5.78. The van der Waals surface area contributed by atoms with Crippen LogP contribution in [0.3, 0.4) is 0 Å². The normalized spacial score (nSPS) is 16.1. The molecule has 0 aliphatic carbocycles. The minimum atomic E-state index is -3.93. The number of carbonyl (C=O) groups excluding carboxylic acids is 1. The fourth-order valence-corrected chi connectivity index (χ4v) is 3.96. The maximum Gasteiger partial charge on any atom is 0.255 e. The van der Waals surface area contributed by atoms with E-state index in [2.05, 4.69) is 10.2 Å². The Morgan fingerprint density at radius 2 is 2.00 bits per heavy atom. The predicted octanol–water partition coefficient (Wildman–Crippen LogP) is 1.81. The summed E-state index contributed by atoms with van der Waals surface area (Å²) in [5, 5.41) is 8.06. The van der Waals surface area contributed by atoms with E-state index in [1.54, 1.807) is 0 Å². The molecule has 3 N–H and O–H groups in total. The monoisotopic (exact) mass is 407 g/mol. The number of methoxy groups -OCH3 is 1. The fourth-order valence-electron chi connectivity index (χ4n) is 3.42. The molecule has 0 bridgehead atoms. The lowest BCUT2D eigenvalue weighted by molar-refractivity contribution is 0.0930. The first-order valence-corrected chi connectivity index (χ1v) is 10.6. The molecular formula is C19H25N3O5S. The largest absolute Gasteiger partial charge is 0.496 e. The molecule has 1 aliphatic rings. The van der Waals surface area contributed by atoms with Crippen LogP contribution in [0.5, 0.6) is 5.75 Å². The van der Waals surface area contributed by atoms with Gasteiger partial charge in [-0.25, -0.2) is 13.6 Å². The van der Waals surface area contributed by atoms with E-state index < -0.39 is 15.9 Å². The number of hydrogen-bond donors (Lipinski definition) is 2. The highest BCUT2D eigenvalue weighted by Crippen LogP contribution is 2.27. The molecule has 152 valence electrons. The van der Waals surface area contributed by atoms with Crippen molar-refractivity contribution >= 4 is 15.9 Å². The summed E-state index contributed by atoms with van der Waals surface area (Å²) in [4.78, 5) is 14.9. The van der Waals surface area contributed by atoms with Gasteiger partial charge in [-0.05, 0) is 63.2 Å². The zero-order valence-corrected chi connectivity index (χ0v) is 16.8. The number of nitrogens with zero attached hydrogens (tertiary/aromatic N) is 1. The molecule has 1 aromatic heterocycles. The zero-order chi connectivity index (χ0) is 20.3. The van der Waals surface area contributed by atoms with E-state index in [0.717, 1.165) is 37.5 Å². The van der Waals surface area contributed by atoms with Crippen LogP contribution in [0.25, 0.3) is 0 Å². The van der Waals surface area contributed by atoms with E-state index in [1.807, 2.05) is 19.1 Å². The number of nitrogens with one attached hydrogen (secondary N) is 1. The standard InChI is InChI=1S/C19H25N3O5S/c1-13-5-7-18(27-13)16(22-9-3-4-10-22)12-21-19(23)15-11-14(28(20,24)25)6-8-17(15)26-2/h5-8,11,16H,3-4,9-10,12H2,1-2H3,(H,21,23)(H2,20,24,25). The maximum atomic E-state index is 12.8. The summed E-state index contributed by atoms with van der Waals surface area (Å²) >= 11 is 0. The molecule has 2 aromatic rings. The van der Waals surface area contributed by atoms with Gasteiger partial charge in [0, 0.05) is 6.54 Å². The predicted molar refractivity (Wildman–Crippen MR) is 104 cm³/mol. The highest BCUT2D eigenvalue weighted by atomic mass is 32.2. The van der Waals surface area contributed by atoms with E-state index in [1.165, 1.54) is 25.3 Å². The molecule has 0 radical (unpaired) electrons. The highest BCUT2D eigenvalue weighted by Gasteiger charge is 2.27. The Bertz CT molecular complexity index is 948. The number of likely N-dealkylation sites (tertiary alicyclic amines) is 1. The summed E-state index contributed by atoms with van der Waals surface area (Å²) in [7, 11) is -2.51. The molecule has 1 aromatic carbocycles. The van der Waals surface area contributed by atoms with Gasteiger partial charge in [0.15, 0.2) is 0 Å². The van der Waals surface area contributed by atoms with Gasteiger partial charge in [0.25, 0.3) is 5.91 Å². The van der Waals surface area contributed by atoms with Crippen molar-refractivity contribution in [3.8, 4) is 5.75 Å². The van der Waals surface area contributed by atoms with E-state index in [0.29, 0.717) is 6.54 Å². The number of sulfonamides is 1. The van der Waals surface area contributed by atoms with Crippen LogP contribution >= 0.6 is 0 Å². The van der Waals surface area contributed by atoms with Crippen molar-refractivity contribution in [2.45, 2.75) is 30.7 Å². The van der Waals surface area contributed by atoms with Gasteiger partial charge >= 0.3 is 0 Å². The molecular weight excluding hydrogens is 382 g/mol. The molecule has 1 saturated heterocycles. The van der Waals surface area contributed by atoms with Crippen LogP contribution in [0.1, 0.15) is 40.8 Å². The number of benzene rings is 1. The Labute approximate surface area is 164 Å². The molecule has 8 nitrogen and oxygen atoms in total. The summed E-state index contributed by atoms with van der Waals surface area (Å²) in [6.45, 7) is 4.08. The highest BCUT2D eigenvalue weighted by molar-refractivity contribution is 7.89. The molecule has 1 unspecified atom stereocenters. The molecule has 1 amide bonds. The molecule has 9 heteroatoms. The number of aryl methyl sites for hydroxylation is 1. The third kappa shape index (κ3) is 4.54. The molecule has 3 rings (SSSR count). The number of rotatable bonds is 7. The zero-order valence-electron chi connectivity index (χ0n) is 16.0. The minimum Gasteiger partial charge on any atom is -0.496 e. The Balaban J connectivity index is 1.81. The number of furan rings is 1. The number of hydrogen-bond acceptors (Lipinski definition) is 6. The molecule has 1 fully saturated rings. The van der Waals surface area contributed by atoms with Crippen LogP contribution in [-0.4, -0.2) is 46.0 Å². The van der Waals surface area contributed by atoms with Gasteiger partial charge in [0.2, 0.25) is 10.0 Å². The lowest BCUT2D eigenvalue weighted by Crippen LogP contribution is -2.36. The second-order valence-corrected chi connectivity index (χ2v) is 8.39. The average molecular weight is 407 g/mol. The summed E-state index contributed by atoms with van der Waals surface area (Å²) in [6, 6.07) is 7.69. The lowest BCUT2D eigenvalue weighted by Gasteiger charge is -2.26. The Morgan fingerprint density at radius 3 is 2.57 bits per heavy atom. The lowest BCUT2D eigenvalue weighted by atomic mass is 10.1. The first kappa shape index (κ1) is 20.4. The van der Waals surface area contributed by atoms with Crippen molar-refractivity contribution in [3.05, 3.63) is 47.4 Å². The Hall–Kier alpha value is -2.36. The van der Waals surface area contributed by atoms with Gasteiger partial charge in [-0.2, -0.15) is 0 Å². The second-order valence-electron chi connectivity index (χ2n) is 6.82. The topological polar surface area (TPSA) is 115 Å². The van der Waals surface area contributed by atoms with Crippen LogP contribution < -0.4 is 15.2 Å². The van der Waals surface area contributed by atoms with E-state index in [9.17, 15) is 13.2 Å². The first-order chi connectivity index (χ1) is 13.3. The first-order valence-electron chi connectivity index (χ1n) is 9.09. The molecule has 0 spiro atoms. The van der Waals surface area contributed by atoms with Crippen molar-refractivity contribution in [1.82, 2.24) is 10.2 Å². The quantitative estimate of drug-likeness (QED) is 0.723. The fraction of sp³-hybridized carbons (Fsp3) is 0.421. The van der Waals surface area contributed by atoms with Gasteiger partial charge in [-0.3, -0.25) is 9.69 Å². The maximum absolute atomic E-state index is 12.8. The molecule has 0 saturated carbocycles. The molecule has 1 atom stereocenters. The van der Waals surface area contributed by atoms with Crippen LogP contribution in [0, 0.1) is 6.92 Å². The Morgan fingerprint density at radius 1 is 1.29 bits per heavy atom. The number of amides is 1. The third-order valence-electron chi connectivity index (χ3n) is 4.87. The van der Waals surface area contributed by atoms with E-state index in [4.69, 9.17) is 14.3 Å². The number of ether oxygens (including phenoxy) is 1. The van der Waals surface area contributed by atoms with Crippen molar-refractivity contribution in [2.24, 2.45) is 5.14 Å². The molecule has 1 aliphatic heterocycles. The van der Waals surface area contributed by atoms with Crippen LogP contribution in [0.2, 0.25) is 0 Å². The summed E-state index contributed by atoms with van der Waals surface area (Å²) in [5.41, 5.74) is 0.116. The summed E-state index contributed by atoms with van der Waals surface area (Å²) in [5.74, 6) is 1.45. The van der Waals surface area contributed by atoms with Crippen LogP contribution in [0.15, 0.2) is 39.6 Å². The van der Waals surface area contributed by atoms with Gasteiger partial charge in [0.05, 0.1) is 23.6 Å². The van der Waals surface area contributed by atoms with E-state index in [-0.39, 0.29) is 22.3 Å². The van der Waals surface area contributed by atoms with Crippen LogP contribution in [-0.2, 0) is 10.0 Å². The second kappa shape index (κ2) is 8.34. The van der Waals surface area contributed by atoms with Gasteiger partial charge < -0.3 is 14.5 Å². The summed E-state index contributed by atoms with van der Waals surface area (Å²) in [6.07, 6.45) is 2.21. The molecule has 28 heavy (non-hydrogen) atoms. The van der Waals surface area contributed by atoms with Crippen LogP contribution in [0.4, 0.5) is 0 Å². The van der Waals surface area contributed by atoms with Gasteiger partial charge in [0.1, 0.15) is 17.3 Å².